The van der Waals surface area contributed by atoms with E-state index in [2.05, 4.69) is 0 Å². The zero-order valence-corrected chi connectivity index (χ0v) is 15.8. The summed E-state index contributed by atoms with van der Waals surface area (Å²) in [5.41, 5.74) is 0.604. The Morgan fingerprint density at radius 2 is 1.73 bits per heavy atom. The standard InChI is InChI=1S/C18H19ClFNO4S/c1-2-25-18(22)11-12-21(13-14-3-7-16(20)8-4-14)26(23,24)17-9-5-15(19)6-10-17/h3-10H,2,11-13H2,1H3. The van der Waals surface area contributed by atoms with E-state index >= 15 is 0 Å². The third-order valence-electron chi connectivity index (χ3n) is 3.59. The van der Waals surface area contributed by atoms with Crippen LogP contribution in [0.5, 0.6) is 0 Å². The fraction of sp³-hybridized carbons (Fsp3) is 0.278. The third kappa shape index (κ3) is 5.52. The molecule has 0 saturated carbocycles. The van der Waals surface area contributed by atoms with Crippen molar-refractivity contribution in [3.05, 3.63) is 64.9 Å². The fourth-order valence-corrected chi connectivity index (χ4v) is 3.84. The summed E-state index contributed by atoms with van der Waals surface area (Å²) in [6.45, 7) is 1.85. The second-order valence-corrected chi connectivity index (χ2v) is 7.85. The summed E-state index contributed by atoms with van der Waals surface area (Å²) in [5.74, 6) is -0.893. The maximum atomic E-state index is 13.1. The average molecular weight is 400 g/mol. The summed E-state index contributed by atoms with van der Waals surface area (Å²) in [4.78, 5) is 11.7. The van der Waals surface area contributed by atoms with Crippen molar-refractivity contribution in [1.82, 2.24) is 4.31 Å². The molecule has 0 heterocycles. The van der Waals surface area contributed by atoms with E-state index < -0.39 is 21.8 Å². The number of hydrogen-bond donors (Lipinski definition) is 0. The van der Waals surface area contributed by atoms with Crippen molar-refractivity contribution >= 4 is 27.6 Å². The highest BCUT2D eigenvalue weighted by Crippen LogP contribution is 2.21. The van der Waals surface area contributed by atoms with Crippen LogP contribution in [0.4, 0.5) is 4.39 Å². The van der Waals surface area contributed by atoms with Crippen molar-refractivity contribution in [2.24, 2.45) is 0 Å². The van der Waals surface area contributed by atoms with Crippen molar-refractivity contribution in [2.45, 2.75) is 24.8 Å². The van der Waals surface area contributed by atoms with E-state index in [0.29, 0.717) is 10.6 Å². The molecule has 2 aromatic rings. The van der Waals surface area contributed by atoms with E-state index in [1.807, 2.05) is 0 Å². The number of benzene rings is 2. The smallest absolute Gasteiger partial charge is 0.307 e. The Balaban J connectivity index is 2.27. The normalized spacial score (nSPS) is 11.5. The maximum Gasteiger partial charge on any atom is 0.307 e. The van der Waals surface area contributed by atoms with E-state index in [9.17, 15) is 17.6 Å². The SMILES string of the molecule is CCOC(=O)CCN(Cc1ccc(F)cc1)S(=O)(=O)c1ccc(Cl)cc1. The third-order valence-corrected chi connectivity index (χ3v) is 5.71. The fourth-order valence-electron chi connectivity index (χ4n) is 2.28. The van der Waals surface area contributed by atoms with Crippen molar-refractivity contribution in [3.63, 3.8) is 0 Å². The number of esters is 1. The van der Waals surface area contributed by atoms with Crippen LogP contribution in [0, 0.1) is 5.82 Å². The van der Waals surface area contributed by atoms with Crippen LogP contribution >= 0.6 is 11.6 Å². The molecule has 0 unspecified atom stereocenters. The van der Waals surface area contributed by atoms with Crippen molar-refractivity contribution in [1.29, 1.82) is 0 Å². The second kappa shape index (κ2) is 9.12. The van der Waals surface area contributed by atoms with E-state index in [4.69, 9.17) is 16.3 Å². The molecule has 0 saturated heterocycles. The molecule has 0 spiro atoms. The number of hydrogen-bond acceptors (Lipinski definition) is 4. The molecule has 8 heteroatoms. The van der Waals surface area contributed by atoms with E-state index in [1.165, 1.54) is 52.8 Å². The largest absolute Gasteiger partial charge is 0.466 e. The van der Waals surface area contributed by atoms with E-state index in [-0.39, 0.29) is 31.0 Å². The number of rotatable bonds is 8. The van der Waals surface area contributed by atoms with Crippen molar-refractivity contribution in [3.8, 4) is 0 Å². The molecule has 0 fully saturated rings. The van der Waals surface area contributed by atoms with Crippen molar-refractivity contribution in [2.75, 3.05) is 13.2 Å². The van der Waals surface area contributed by atoms with Gasteiger partial charge in [0.25, 0.3) is 0 Å². The molecule has 0 radical (unpaired) electrons. The number of sulfonamides is 1. The van der Waals surface area contributed by atoms with Crippen LogP contribution in [0.2, 0.25) is 5.02 Å². The van der Waals surface area contributed by atoms with Gasteiger partial charge in [-0.1, -0.05) is 23.7 Å². The lowest BCUT2D eigenvalue weighted by molar-refractivity contribution is -0.143. The molecule has 5 nitrogen and oxygen atoms in total. The zero-order valence-electron chi connectivity index (χ0n) is 14.2. The van der Waals surface area contributed by atoms with Gasteiger partial charge in [-0.05, 0) is 48.9 Å². The lowest BCUT2D eigenvalue weighted by Crippen LogP contribution is -2.33. The number of carbonyl (C=O) groups excluding carboxylic acids is 1. The summed E-state index contributed by atoms with van der Waals surface area (Å²) in [7, 11) is -3.86. The molecule has 0 amide bonds. The van der Waals surface area contributed by atoms with Crippen LogP contribution in [0.25, 0.3) is 0 Å². The topological polar surface area (TPSA) is 63.7 Å². The first-order valence-corrected chi connectivity index (χ1v) is 9.80. The molecule has 2 rings (SSSR count). The molecular weight excluding hydrogens is 381 g/mol. The Morgan fingerprint density at radius 3 is 2.31 bits per heavy atom. The van der Waals surface area contributed by atoms with E-state index in [1.54, 1.807) is 6.92 Å². The lowest BCUT2D eigenvalue weighted by Gasteiger charge is -2.22. The molecule has 0 N–H and O–H groups in total. The Bertz CT molecular complexity index is 838. The predicted molar refractivity (Wildman–Crippen MR) is 96.7 cm³/mol. The van der Waals surface area contributed by atoms with Gasteiger partial charge in [-0.2, -0.15) is 4.31 Å². The van der Waals surface area contributed by atoms with E-state index in [0.717, 1.165) is 0 Å². The predicted octanol–water partition coefficient (Wildman–Crippen LogP) is 3.62. The summed E-state index contributed by atoms with van der Waals surface area (Å²) in [6, 6.07) is 11.3. The minimum absolute atomic E-state index is 0.00461. The highest BCUT2D eigenvalue weighted by Gasteiger charge is 2.25. The molecule has 0 atom stereocenters. The minimum Gasteiger partial charge on any atom is -0.466 e. The van der Waals surface area contributed by atoms with Crippen molar-refractivity contribution < 1.29 is 22.3 Å². The first-order chi connectivity index (χ1) is 12.3. The van der Waals surface area contributed by atoms with Gasteiger partial charge in [0.05, 0.1) is 17.9 Å². The lowest BCUT2D eigenvalue weighted by atomic mass is 10.2. The summed E-state index contributed by atoms with van der Waals surface area (Å²) >= 11 is 5.82. The molecule has 0 aliphatic carbocycles. The summed E-state index contributed by atoms with van der Waals surface area (Å²) < 4.78 is 45.0. The molecular formula is C18H19ClFNO4S. The Labute approximate surface area is 157 Å². The quantitative estimate of drug-likeness (QED) is 0.636. The van der Waals surface area contributed by atoms with Gasteiger partial charge in [0.2, 0.25) is 10.0 Å². The highest BCUT2D eigenvalue weighted by molar-refractivity contribution is 7.89. The van der Waals surface area contributed by atoms with Crippen LogP contribution in [0.3, 0.4) is 0 Å². The second-order valence-electron chi connectivity index (χ2n) is 5.47. The first kappa shape index (κ1) is 20.4. The number of halogens is 2. The number of nitrogens with zero attached hydrogens (tertiary/aromatic N) is 1. The van der Waals surface area contributed by atoms with Gasteiger partial charge in [-0.25, -0.2) is 12.8 Å². The monoisotopic (exact) mass is 399 g/mol. The Morgan fingerprint density at radius 1 is 1.12 bits per heavy atom. The van der Waals surface area contributed by atoms with Gasteiger partial charge in [0.1, 0.15) is 5.82 Å². The Hall–Kier alpha value is -1.96. The molecule has 140 valence electrons. The van der Waals surface area contributed by atoms with Gasteiger partial charge >= 0.3 is 5.97 Å². The van der Waals surface area contributed by atoms with Crippen LogP contribution in [-0.4, -0.2) is 31.8 Å². The van der Waals surface area contributed by atoms with Crippen LogP contribution in [0.15, 0.2) is 53.4 Å². The number of ether oxygens (including phenoxy) is 1. The van der Waals surface area contributed by atoms with Crippen LogP contribution < -0.4 is 0 Å². The maximum absolute atomic E-state index is 13.1. The van der Waals surface area contributed by atoms with Crippen LogP contribution in [-0.2, 0) is 26.1 Å². The van der Waals surface area contributed by atoms with Gasteiger partial charge in [-0.3, -0.25) is 4.79 Å². The minimum atomic E-state index is -3.86. The molecule has 2 aromatic carbocycles. The highest BCUT2D eigenvalue weighted by atomic mass is 35.5. The zero-order chi connectivity index (χ0) is 19.2. The Kier molecular flexibility index (Phi) is 7.14. The molecule has 26 heavy (non-hydrogen) atoms. The first-order valence-electron chi connectivity index (χ1n) is 7.98. The molecule has 0 aromatic heterocycles. The summed E-state index contributed by atoms with van der Waals surface area (Å²) in [5, 5.41) is 0.417. The molecule has 0 bridgehead atoms. The number of carbonyl (C=O) groups is 1. The molecule has 0 aliphatic rings. The van der Waals surface area contributed by atoms with Gasteiger partial charge in [0, 0.05) is 18.1 Å². The van der Waals surface area contributed by atoms with Gasteiger partial charge < -0.3 is 4.74 Å². The molecule has 0 aliphatic heterocycles. The van der Waals surface area contributed by atoms with Crippen LogP contribution in [0.1, 0.15) is 18.9 Å². The summed E-state index contributed by atoms with van der Waals surface area (Å²) in [6.07, 6.45) is -0.0815. The average Bonchev–Trinajstić information content (AvgIpc) is 2.60. The van der Waals surface area contributed by atoms with Gasteiger partial charge in [0.15, 0.2) is 0 Å². The van der Waals surface area contributed by atoms with Gasteiger partial charge in [-0.15, -0.1) is 0 Å².